The summed E-state index contributed by atoms with van der Waals surface area (Å²) in [5.41, 5.74) is -0.503. The molecule has 2 saturated heterocycles. The Hall–Kier alpha value is -3.30. The third-order valence-corrected chi connectivity index (χ3v) is 7.64. The van der Waals surface area contributed by atoms with Gasteiger partial charge in [0.25, 0.3) is 0 Å². The summed E-state index contributed by atoms with van der Waals surface area (Å²) in [6.07, 6.45) is 4.76. The number of ether oxygens (including phenoxy) is 1. The van der Waals surface area contributed by atoms with Gasteiger partial charge in [-0.15, -0.1) is 0 Å². The number of carbonyl (C=O) groups excluding carboxylic acids is 2. The Morgan fingerprint density at radius 1 is 1.18 bits per heavy atom. The highest BCUT2D eigenvalue weighted by Gasteiger charge is 2.53. The van der Waals surface area contributed by atoms with E-state index < -0.39 is 23.1 Å². The normalized spacial score (nSPS) is 22.7. The number of nitrogens with one attached hydrogen (secondary N) is 1. The second-order valence-corrected chi connectivity index (χ2v) is 11.3. The SMILES string of the molecule is CC[C@@H](C)C(=O)N[C@H](C(=O)N1CC[C@@H]2[C@H]1[C@@H](COc1ccc(F)c(F)c1)CN2c1ncccn1)C(C)(C)C. The minimum Gasteiger partial charge on any atom is -0.493 e. The Labute approximate surface area is 222 Å². The molecule has 0 bridgehead atoms. The molecule has 3 heterocycles. The summed E-state index contributed by atoms with van der Waals surface area (Å²) in [6, 6.07) is 4.24. The van der Waals surface area contributed by atoms with Gasteiger partial charge in [0.2, 0.25) is 17.8 Å². The van der Waals surface area contributed by atoms with E-state index in [0.29, 0.717) is 31.9 Å². The largest absolute Gasteiger partial charge is 0.493 e. The monoisotopic (exact) mass is 529 g/mol. The van der Waals surface area contributed by atoms with Gasteiger partial charge in [0.05, 0.1) is 18.7 Å². The summed E-state index contributed by atoms with van der Waals surface area (Å²) in [5.74, 6) is -1.73. The standard InChI is InChI=1S/C28H37F2N5O3/c1-6-17(2)25(36)33-24(28(3,4)5)26(37)34-13-10-22-23(34)18(15-35(22)27-31-11-7-12-32-27)16-38-19-8-9-20(29)21(30)14-19/h7-9,11-12,14,17-18,22-24H,6,10,13,15-16H2,1-5H3,(H,33,36)/t17-,18-,22-,23-,24-/m1/s1. The van der Waals surface area contributed by atoms with Crippen LogP contribution in [-0.4, -0.2) is 64.5 Å². The predicted octanol–water partition coefficient (Wildman–Crippen LogP) is 3.82. The molecule has 4 rings (SSSR count). The Balaban J connectivity index is 1.60. The second-order valence-electron chi connectivity index (χ2n) is 11.3. The predicted molar refractivity (Wildman–Crippen MR) is 139 cm³/mol. The van der Waals surface area contributed by atoms with E-state index in [2.05, 4.69) is 20.2 Å². The van der Waals surface area contributed by atoms with Gasteiger partial charge in [0.1, 0.15) is 11.8 Å². The number of anilines is 1. The van der Waals surface area contributed by atoms with Crippen LogP contribution in [0.15, 0.2) is 36.7 Å². The maximum atomic E-state index is 14.1. The van der Waals surface area contributed by atoms with Gasteiger partial charge in [-0.05, 0) is 36.5 Å². The number of carbonyl (C=O) groups is 2. The van der Waals surface area contributed by atoms with E-state index in [4.69, 9.17) is 4.74 Å². The van der Waals surface area contributed by atoms with E-state index in [0.717, 1.165) is 12.1 Å². The first kappa shape index (κ1) is 27.7. The van der Waals surface area contributed by atoms with Crippen LogP contribution in [0.3, 0.4) is 0 Å². The smallest absolute Gasteiger partial charge is 0.246 e. The lowest BCUT2D eigenvalue weighted by atomic mass is 9.84. The molecule has 2 aliphatic rings. The zero-order valence-corrected chi connectivity index (χ0v) is 22.7. The number of fused-ring (bicyclic) bond motifs is 1. The molecule has 2 aromatic rings. The summed E-state index contributed by atoms with van der Waals surface area (Å²) in [6.45, 7) is 10.9. The van der Waals surface area contributed by atoms with E-state index in [9.17, 15) is 18.4 Å². The lowest BCUT2D eigenvalue weighted by Gasteiger charge is -2.37. The van der Waals surface area contributed by atoms with Crippen LogP contribution >= 0.6 is 0 Å². The van der Waals surface area contributed by atoms with Crippen molar-refractivity contribution >= 4 is 17.8 Å². The van der Waals surface area contributed by atoms with Crippen molar-refractivity contribution in [3.8, 4) is 5.75 Å². The molecule has 10 heteroatoms. The highest BCUT2D eigenvalue weighted by molar-refractivity contribution is 5.89. The summed E-state index contributed by atoms with van der Waals surface area (Å²) < 4.78 is 33.1. The van der Waals surface area contributed by atoms with E-state index in [1.807, 2.05) is 39.5 Å². The minimum absolute atomic E-state index is 0.0363. The van der Waals surface area contributed by atoms with Crippen LogP contribution in [-0.2, 0) is 9.59 Å². The summed E-state index contributed by atoms with van der Waals surface area (Å²) in [5, 5.41) is 3.01. The highest BCUT2D eigenvalue weighted by Crippen LogP contribution is 2.39. The van der Waals surface area contributed by atoms with Gasteiger partial charge >= 0.3 is 0 Å². The maximum absolute atomic E-state index is 14.1. The molecule has 0 unspecified atom stereocenters. The van der Waals surface area contributed by atoms with Crippen molar-refractivity contribution < 1.29 is 23.1 Å². The van der Waals surface area contributed by atoms with Gasteiger partial charge in [-0.2, -0.15) is 0 Å². The van der Waals surface area contributed by atoms with Crippen LogP contribution in [0.4, 0.5) is 14.7 Å². The van der Waals surface area contributed by atoms with Gasteiger partial charge < -0.3 is 19.9 Å². The van der Waals surface area contributed by atoms with Crippen LogP contribution in [0.2, 0.25) is 0 Å². The van der Waals surface area contributed by atoms with E-state index >= 15 is 0 Å². The summed E-state index contributed by atoms with van der Waals surface area (Å²) in [7, 11) is 0. The van der Waals surface area contributed by atoms with Crippen molar-refractivity contribution in [1.82, 2.24) is 20.2 Å². The van der Waals surface area contributed by atoms with Gasteiger partial charge in [-0.25, -0.2) is 18.7 Å². The summed E-state index contributed by atoms with van der Waals surface area (Å²) in [4.78, 5) is 39.7. The molecule has 0 aliphatic carbocycles. The topological polar surface area (TPSA) is 87.7 Å². The molecular weight excluding hydrogens is 492 g/mol. The molecule has 38 heavy (non-hydrogen) atoms. The van der Waals surface area contributed by atoms with E-state index in [1.54, 1.807) is 18.5 Å². The van der Waals surface area contributed by atoms with Gasteiger partial charge in [-0.1, -0.05) is 34.6 Å². The van der Waals surface area contributed by atoms with E-state index in [1.165, 1.54) is 6.07 Å². The number of benzene rings is 1. The fraction of sp³-hybridized carbons (Fsp3) is 0.571. The Kier molecular flexibility index (Phi) is 8.18. The molecule has 0 spiro atoms. The number of amides is 2. The number of hydrogen-bond acceptors (Lipinski definition) is 6. The van der Waals surface area contributed by atoms with Gasteiger partial charge in [0, 0.05) is 43.4 Å². The van der Waals surface area contributed by atoms with Crippen LogP contribution in [0.25, 0.3) is 0 Å². The number of hydrogen-bond donors (Lipinski definition) is 1. The molecule has 1 N–H and O–H groups in total. The second kappa shape index (κ2) is 11.2. The molecule has 5 atom stereocenters. The van der Waals surface area contributed by atoms with Gasteiger partial charge in [-0.3, -0.25) is 9.59 Å². The quantitative estimate of drug-likeness (QED) is 0.560. The first-order chi connectivity index (χ1) is 18.0. The number of aromatic nitrogens is 2. The van der Waals surface area contributed by atoms with Crippen LogP contribution in [0.5, 0.6) is 5.75 Å². The van der Waals surface area contributed by atoms with Crippen molar-refractivity contribution in [2.24, 2.45) is 17.3 Å². The Morgan fingerprint density at radius 3 is 2.53 bits per heavy atom. The van der Waals surface area contributed by atoms with Crippen LogP contribution in [0.1, 0.15) is 47.5 Å². The zero-order chi connectivity index (χ0) is 27.6. The van der Waals surface area contributed by atoms with Crippen molar-refractivity contribution in [1.29, 1.82) is 0 Å². The van der Waals surface area contributed by atoms with E-state index in [-0.39, 0.29) is 48.1 Å². The molecule has 2 aliphatic heterocycles. The summed E-state index contributed by atoms with van der Waals surface area (Å²) >= 11 is 0. The highest BCUT2D eigenvalue weighted by atomic mass is 19.2. The van der Waals surface area contributed by atoms with Crippen molar-refractivity contribution in [3.63, 3.8) is 0 Å². The molecule has 1 aromatic carbocycles. The fourth-order valence-electron chi connectivity index (χ4n) is 5.34. The molecule has 8 nitrogen and oxygen atoms in total. The Bertz CT molecular complexity index is 1140. The lowest BCUT2D eigenvalue weighted by Crippen LogP contribution is -2.58. The number of halogens is 2. The number of rotatable bonds is 8. The molecule has 206 valence electrons. The van der Waals surface area contributed by atoms with Crippen molar-refractivity contribution in [3.05, 3.63) is 48.3 Å². The van der Waals surface area contributed by atoms with Crippen LogP contribution < -0.4 is 15.0 Å². The minimum atomic E-state index is -0.978. The Morgan fingerprint density at radius 2 is 1.89 bits per heavy atom. The molecule has 0 radical (unpaired) electrons. The van der Waals surface area contributed by atoms with Crippen molar-refractivity contribution in [2.45, 2.75) is 65.6 Å². The molecule has 0 saturated carbocycles. The fourth-order valence-corrected chi connectivity index (χ4v) is 5.34. The third-order valence-electron chi connectivity index (χ3n) is 7.64. The number of likely N-dealkylation sites (tertiary alicyclic amines) is 1. The first-order valence-electron chi connectivity index (χ1n) is 13.2. The first-order valence-corrected chi connectivity index (χ1v) is 13.2. The van der Waals surface area contributed by atoms with Gasteiger partial charge in [0.15, 0.2) is 11.6 Å². The maximum Gasteiger partial charge on any atom is 0.246 e. The zero-order valence-electron chi connectivity index (χ0n) is 22.7. The average Bonchev–Trinajstić information content (AvgIpc) is 3.48. The van der Waals surface area contributed by atoms with Crippen LogP contribution in [0, 0.1) is 28.9 Å². The average molecular weight is 530 g/mol. The molecular formula is C28H37F2N5O3. The third kappa shape index (κ3) is 5.73. The number of nitrogens with zero attached hydrogens (tertiary/aromatic N) is 4. The molecule has 1 aromatic heterocycles. The van der Waals surface area contributed by atoms with Crippen molar-refractivity contribution in [2.75, 3.05) is 24.6 Å². The lowest BCUT2D eigenvalue weighted by molar-refractivity contribution is -0.141. The molecule has 2 amide bonds. The molecule has 2 fully saturated rings.